The normalized spacial score (nSPS) is 15.5. The number of benzene rings is 3. The van der Waals surface area contributed by atoms with E-state index < -0.39 is 11.8 Å². The van der Waals surface area contributed by atoms with Gasteiger partial charge in [0.15, 0.2) is 0 Å². The summed E-state index contributed by atoms with van der Waals surface area (Å²) in [5.41, 5.74) is 5.84. The van der Waals surface area contributed by atoms with Gasteiger partial charge in [0.1, 0.15) is 18.1 Å². The molecule has 1 atom stereocenters. The van der Waals surface area contributed by atoms with Gasteiger partial charge in [-0.1, -0.05) is 38.1 Å². The zero-order valence-electron chi connectivity index (χ0n) is 29.6. The van der Waals surface area contributed by atoms with E-state index in [2.05, 4.69) is 45.8 Å². The molecule has 2 aliphatic heterocycles. The van der Waals surface area contributed by atoms with Crippen molar-refractivity contribution in [3.8, 4) is 11.7 Å². The van der Waals surface area contributed by atoms with E-state index in [0.717, 1.165) is 35.4 Å². The van der Waals surface area contributed by atoms with Crippen molar-refractivity contribution in [2.75, 3.05) is 35.7 Å². The number of likely N-dealkylation sites (N-methyl/N-ethyl adjacent to an activating group) is 1. The molecule has 3 aromatic carbocycles. The average Bonchev–Trinajstić information content (AvgIpc) is 3.56. The molecule has 2 aromatic heterocycles. The maximum atomic E-state index is 13.9. The van der Waals surface area contributed by atoms with Crippen LogP contribution < -0.4 is 25.6 Å². The fraction of sp³-hybridized carbons (Fsp3) is 0.368. The van der Waals surface area contributed by atoms with Crippen molar-refractivity contribution in [3.05, 3.63) is 89.2 Å². The number of hydrogen-bond acceptors (Lipinski definition) is 10. The summed E-state index contributed by atoms with van der Waals surface area (Å²) in [6.45, 7) is 9.62. The summed E-state index contributed by atoms with van der Waals surface area (Å²) >= 11 is 0. The van der Waals surface area contributed by atoms with Crippen LogP contribution in [0.15, 0.2) is 67.0 Å². The van der Waals surface area contributed by atoms with Gasteiger partial charge < -0.3 is 30.3 Å². The average molecular weight is 690 g/mol. The van der Waals surface area contributed by atoms with E-state index in [0.29, 0.717) is 54.6 Å². The number of fused-ring (bicyclic) bond motifs is 3. The third-order valence-corrected chi connectivity index (χ3v) is 9.02. The highest BCUT2D eigenvalue weighted by Crippen LogP contribution is 2.32. The minimum atomic E-state index is -0.709. The second-order valence-corrected chi connectivity index (χ2v) is 13.8. The number of ether oxygens (including phenoxy) is 2. The summed E-state index contributed by atoms with van der Waals surface area (Å²) in [4.78, 5) is 47.7. The number of carbonyl (C=O) groups is 2. The first kappa shape index (κ1) is 33.9. The van der Waals surface area contributed by atoms with E-state index >= 15 is 0 Å². The highest BCUT2D eigenvalue weighted by molar-refractivity contribution is 6.08. The Bertz CT molecular complexity index is 2090. The smallest absolute Gasteiger partial charge is 0.258 e. The van der Waals surface area contributed by atoms with Crippen molar-refractivity contribution in [3.63, 3.8) is 0 Å². The molecule has 0 saturated heterocycles. The summed E-state index contributed by atoms with van der Waals surface area (Å²) in [5, 5.41) is 9.32. The number of aromatic nitrogens is 5. The van der Waals surface area contributed by atoms with Crippen LogP contribution in [0.4, 0.5) is 17.6 Å². The molecule has 13 heteroatoms. The molecule has 5 aromatic rings. The molecule has 0 aliphatic carbocycles. The second-order valence-electron chi connectivity index (χ2n) is 13.8. The third kappa shape index (κ3) is 7.34. The lowest BCUT2D eigenvalue weighted by Crippen LogP contribution is -2.40. The van der Waals surface area contributed by atoms with Gasteiger partial charge in [-0.15, -0.1) is 0 Å². The van der Waals surface area contributed by atoms with Gasteiger partial charge >= 0.3 is 0 Å². The molecule has 3 N–H and O–H groups in total. The fourth-order valence-electron chi connectivity index (χ4n) is 6.41. The van der Waals surface area contributed by atoms with E-state index in [4.69, 9.17) is 19.4 Å². The Kier molecular flexibility index (Phi) is 9.30. The molecule has 0 saturated carbocycles. The van der Waals surface area contributed by atoms with Crippen molar-refractivity contribution in [1.82, 2.24) is 29.8 Å². The van der Waals surface area contributed by atoms with E-state index in [1.54, 1.807) is 17.9 Å². The van der Waals surface area contributed by atoms with Crippen molar-refractivity contribution >= 4 is 40.4 Å². The van der Waals surface area contributed by atoms with Crippen LogP contribution in [0.1, 0.15) is 61.2 Å². The summed E-state index contributed by atoms with van der Waals surface area (Å²) in [5.74, 6) is 0.931. The number of para-hydroxylation sites is 1. The summed E-state index contributed by atoms with van der Waals surface area (Å²) < 4.78 is 13.5. The van der Waals surface area contributed by atoms with Gasteiger partial charge in [-0.2, -0.15) is 15.0 Å². The van der Waals surface area contributed by atoms with Crippen LogP contribution in [0, 0.1) is 5.92 Å². The number of amides is 2. The SMILES string of the molecule is CNC(=O)[C@H](Cc1ccc2c(c1)COC(C)(C)O2)Nc1nc(NCC(C)C)nc(-n2cnc3ccc(C(=O)N4CCCc5ccccc54)cc32)n1. The molecule has 4 heterocycles. The summed E-state index contributed by atoms with van der Waals surface area (Å²) in [6.07, 6.45) is 3.84. The van der Waals surface area contributed by atoms with E-state index in [-0.39, 0.29) is 23.7 Å². The molecule has 7 rings (SSSR count). The molecular formula is C38H43N9O4. The monoisotopic (exact) mass is 689 g/mol. The predicted molar refractivity (Wildman–Crippen MR) is 195 cm³/mol. The maximum absolute atomic E-state index is 13.9. The van der Waals surface area contributed by atoms with Crippen molar-refractivity contribution in [2.24, 2.45) is 5.92 Å². The van der Waals surface area contributed by atoms with Gasteiger partial charge in [-0.25, -0.2) is 4.98 Å². The Balaban J connectivity index is 1.21. The largest absolute Gasteiger partial charge is 0.463 e. The topological polar surface area (TPSA) is 148 Å². The van der Waals surface area contributed by atoms with Crippen molar-refractivity contribution in [2.45, 2.75) is 65.4 Å². The number of anilines is 3. The number of aryl methyl sites for hydroxylation is 1. The van der Waals surface area contributed by atoms with Gasteiger partial charge in [-0.05, 0) is 66.3 Å². The van der Waals surface area contributed by atoms with Crippen LogP contribution in [0.3, 0.4) is 0 Å². The quantitative estimate of drug-likeness (QED) is 0.177. The fourth-order valence-corrected chi connectivity index (χ4v) is 6.41. The lowest BCUT2D eigenvalue weighted by Gasteiger charge is -2.32. The lowest BCUT2D eigenvalue weighted by molar-refractivity contribution is -0.180. The minimum absolute atomic E-state index is 0.0773. The van der Waals surface area contributed by atoms with Crippen molar-refractivity contribution in [1.29, 1.82) is 0 Å². The van der Waals surface area contributed by atoms with Crippen LogP contribution >= 0.6 is 0 Å². The molecule has 0 spiro atoms. The molecule has 0 bridgehead atoms. The van der Waals surface area contributed by atoms with E-state index in [9.17, 15) is 9.59 Å². The molecule has 0 radical (unpaired) electrons. The van der Waals surface area contributed by atoms with Crippen LogP contribution in [-0.2, 0) is 29.0 Å². The van der Waals surface area contributed by atoms with Crippen LogP contribution in [0.5, 0.6) is 5.75 Å². The lowest BCUT2D eigenvalue weighted by atomic mass is 10.0. The molecule has 51 heavy (non-hydrogen) atoms. The Morgan fingerprint density at radius 2 is 1.80 bits per heavy atom. The molecule has 264 valence electrons. The zero-order valence-corrected chi connectivity index (χ0v) is 29.6. The second kappa shape index (κ2) is 14.0. The van der Waals surface area contributed by atoms with Gasteiger partial charge in [0, 0.05) is 57.2 Å². The minimum Gasteiger partial charge on any atom is -0.463 e. The first-order valence-corrected chi connectivity index (χ1v) is 17.4. The van der Waals surface area contributed by atoms with Gasteiger partial charge in [-0.3, -0.25) is 14.2 Å². The molecular weight excluding hydrogens is 646 g/mol. The first-order chi connectivity index (χ1) is 24.6. The van der Waals surface area contributed by atoms with Crippen LogP contribution in [-0.4, -0.2) is 68.3 Å². The number of nitrogens with zero attached hydrogens (tertiary/aromatic N) is 6. The molecule has 0 unspecified atom stereocenters. The number of imidazole rings is 1. The molecule has 2 amide bonds. The molecule has 13 nitrogen and oxygen atoms in total. The Labute approximate surface area is 296 Å². The van der Waals surface area contributed by atoms with Gasteiger partial charge in [0.25, 0.3) is 5.91 Å². The Morgan fingerprint density at radius 3 is 2.63 bits per heavy atom. The highest BCUT2D eigenvalue weighted by Gasteiger charge is 2.29. The van der Waals surface area contributed by atoms with Crippen LogP contribution in [0.25, 0.3) is 17.0 Å². The maximum Gasteiger partial charge on any atom is 0.258 e. The first-order valence-electron chi connectivity index (χ1n) is 17.4. The number of hydrogen-bond donors (Lipinski definition) is 3. The summed E-state index contributed by atoms with van der Waals surface area (Å²) in [6, 6.07) is 18.7. The van der Waals surface area contributed by atoms with E-state index in [1.807, 2.05) is 73.3 Å². The zero-order chi connectivity index (χ0) is 35.7. The van der Waals surface area contributed by atoms with Crippen LogP contribution in [0.2, 0.25) is 0 Å². The van der Waals surface area contributed by atoms with E-state index in [1.165, 1.54) is 5.56 Å². The van der Waals surface area contributed by atoms with Gasteiger partial charge in [0.2, 0.25) is 29.5 Å². The number of nitrogens with one attached hydrogen (secondary N) is 3. The van der Waals surface area contributed by atoms with Crippen molar-refractivity contribution < 1.29 is 19.1 Å². The molecule has 2 aliphatic rings. The Morgan fingerprint density at radius 1 is 0.980 bits per heavy atom. The third-order valence-electron chi connectivity index (χ3n) is 9.02. The molecule has 0 fully saturated rings. The number of rotatable bonds is 10. The van der Waals surface area contributed by atoms with Gasteiger partial charge in [0.05, 0.1) is 17.6 Å². The summed E-state index contributed by atoms with van der Waals surface area (Å²) in [7, 11) is 1.60. The predicted octanol–water partition coefficient (Wildman–Crippen LogP) is 5.29. The standard InChI is InChI=1S/C38H43N9O4/c1-23(2)20-40-35-43-36(42-29(33(48)39-5)18-24-12-15-32-27(17-24)21-50-38(3,4)51-32)45-37(44-35)47-22-41-28-14-13-26(19-31(28)47)34(49)46-16-8-10-25-9-6-7-11-30(25)46/h6-7,9,11-15,17,19,22-23,29H,8,10,16,18,20-21H2,1-5H3,(H,39,48)(H2,40,42,43,44,45)/t29-/m0/s1. The number of carbonyl (C=O) groups excluding carboxylic acids is 2. The highest BCUT2D eigenvalue weighted by atomic mass is 16.7. The Hall–Kier alpha value is -5.56.